The molecule has 0 atom stereocenters. The summed E-state index contributed by atoms with van der Waals surface area (Å²) in [5.41, 5.74) is 2.00. The molecule has 15 heavy (non-hydrogen) atoms. The van der Waals surface area contributed by atoms with Crippen LogP contribution in [0.1, 0.15) is 18.3 Å². The Kier molecular flexibility index (Phi) is 4.30. The molecule has 0 fully saturated rings. The third-order valence-electron chi connectivity index (χ3n) is 2.40. The number of aryl methyl sites for hydroxylation is 1. The van der Waals surface area contributed by atoms with Gasteiger partial charge in [0, 0.05) is 25.8 Å². The third-order valence-corrected chi connectivity index (χ3v) is 2.40. The third kappa shape index (κ3) is 3.36. The van der Waals surface area contributed by atoms with Gasteiger partial charge < -0.3 is 15.2 Å². The van der Waals surface area contributed by atoms with Gasteiger partial charge in [0.15, 0.2) is 0 Å². The van der Waals surface area contributed by atoms with E-state index >= 15 is 0 Å². The first-order valence-corrected chi connectivity index (χ1v) is 5.08. The topological polar surface area (TPSA) is 61.0 Å². The monoisotopic (exact) mass is 210 g/mol. The quantitative estimate of drug-likeness (QED) is 0.734. The second-order valence-corrected chi connectivity index (χ2v) is 3.49. The number of aromatic amines is 1. The second-order valence-electron chi connectivity index (χ2n) is 3.49. The van der Waals surface area contributed by atoms with Crippen molar-refractivity contribution in [2.45, 2.75) is 20.4 Å². The van der Waals surface area contributed by atoms with Crippen LogP contribution in [0.3, 0.4) is 0 Å². The van der Waals surface area contributed by atoms with Crippen molar-refractivity contribution in [1.82, 2.24) is 20.2 Å². The van der Waals surface area contributed by atoms with Crippen molar-refractivity contribution in [2.24, 2.45) is 0 Å². The number of likely N-dealkylation sites (N-methyl/N-ethyl adjacent to an activating group) is 1. The van der Waals surface area contributed by atoms with Gasteiger partial charge in [-0.05, 0) is 13.8 Å². The fourth-order valence-electron chi connectivity index (χ4n) is 1.16. The lowest BCUT2D eigenvalue weighted by atomic mass is 10.3. The number of nitrogens with one attached hydrogen (secondary N) is 2. The van der Waals surface area contributed by atoms with E-state index in [9.17, 15) is 4.79 Å². The normalized spacial score (nSPS) is 10.3. The molecule has 0 bridgehead atoms. The van der Waals surface area contributed by atoms with Gasteiger partial charge in [0.1, 0.15) is 0 Å². The van der Waals surface area contributed by atoms with Crippen LogP contribution in [0.5, 0.6) is 0 Å². The average molecular weight is 210 g/mol. The zero-order valence-electron chi connectivity index (χ0n) is 9.50. The molecule has 0 aliphatic rings. The largest absolute Gasteiger partial charge is 0.348 e. The van der Waals surface area contributed by atoms with Crippen molar-refractivity contribution >= 4 is 5.91 Å². The van der Waals surface area contributed by atoms with Gasteiger partial charge in [-0.2, -0.15) is 0 Å². The van der Waals surface area contributed by atoms with Gasteiger partial charge in [-0.3, -0.25) is 4.79 Å². The van der Waals surface area contributed by atoms with E-state index in [-0.39, 0.29) is 5.91 Å². The van der Waals surface area contributed by atoms with E-state index in [1.807, 2.05) is 13.8 Å². The minimum atomic E-state index is 0.102. The Hall–Kier alpha value is -1.36. The van der Waals surface area contributed by atoms with Crippen LogP contribution in [-0.4, -0.2) is 40.9 Å². The Morgan fingerprint density at radius 1 is 1.67 bits per heavy atom. The highest BCUT2D eigenvalue weighted by Gasteiger charge is 2.06. The number of hydrogen-bond acceptors (Lipinski definition) is 3. The van der Waals surface area contributed by atoms with E-state index in [0.717, 1.165) is 17.9 Å². The fraction of sp³-hybridized carbons (Fsp3) is 0.600. The number of aromatic nitrogens is 2. The van der Waals surface area contributed by atoms with Gasteiger partial charge in [0.05, 0.1) is 18.6 Å². The summed E-state index contributed by atoms with van der Waals surface area (Å²) in [6, 6.07) is 0. The van der Waals surface area contributed by atoms with Crippen LogP contribution in [0.15, 0.2) is 6.33 Å². The van der Waals surface area contributed by atoms with E-state index < -0.39 is 0 Å². The maximum atomic E-state index is 11.4. The molecule has 2 N–H and O–H groups in total. The number of imidazole rings is 1. The summed E-state index contributed by atoms with van der Waals surface area (Å²) in [6.07, 6.45) is 1.66. The van der Waals surface area contributed by atoms with Crippen molar-refractivity contribution in [3.8, 4) is 0 Å². The Bertz CT molecular complexity index is 321. The molecule has 0 saturated carbocycles. The Labute approximate surface area is 89.9 Å². The van der Waals surface area contributed by atoms with Crippen molar-refractivity contribution in [3.05, 3.63) is 17.7 Å². The first-order valence-electron chi connectivity index (χ1n) is 5.08. The van der Waals surface area contributed by atoms with Crippen LogP contribution in [0.25, 0.3) is 0 Å². The smallest absolute Gasteiger partial charge is 0.236 e. The predicted molar refractivity (Wildman–Crippen MR) is 58.3 cm³/mol. The summed E-state index contributed by atoms with van der Waals surface area (Å²) in [6.45, 7) is 5.64. The molecule has 0 unspecified atom stereocenters. The number of carbonyl (C=O) groups is 1. The molecular formula is C10H18N4O. The Morgan fingerprint density at radius 3 is 2.93 bits per heavy atom. The van der Waals surface area contributed by atoms with Crippen molar-refractivity contribution in [3.63, 3.8) is 0 Å². The first-order chi connectivity index (χ1) is 7.15. The molecule has 0 aromatic carbocycles. The molecule has 5 heteroatoms. The standard InChI is InChI=1S/C10H18N4O/c1-4-14(3)10(15)6-11-5-9-8(2)12-7-13-9/h7,11H,4-6H2,1-3H3,(H,12,13). The highest BCUT2D eigenvalue weighted by Crippen LogP contribution is 1.98. The summed E-state index contributed by atoms with van der Waals surface area (Å²) < 4.78 is 0. The van der Waals surface area contributed by atoms with Gasteiger partial charge in [0.2, 0.25) is 5.91 Å². The first kappa shape index (κ1) is 11.7. The highest BCUT2D eigenvalue weighted by molar-refractivity contribution is 5.77. The number of rotatable bonds is 5. The highest BCUT2D eigenvalue weighted by atomic mass is 16.2. The molecule has 0 aliphatic carbocycles. The molecule has 0 saturated heterocycles. The summed E-state index contributed by atoms with van der Waals surface area (Å²) >= 11 is 0. The van der Waals surface area contributed by atoms with E-state index in [4.69, 9.17) is 0 Å². The maximum Gasteiger partial charge on any atom is 0.236 e. The van der Waals surface area contributed by atoms with Gasteiger partial charge in [-0.15, -0.1) is 0 Å². The van der Waals surface area contributed by atoms with Crippen LogP contribution in [0.2, 0.25) is 0 Å². The SMILES string of the molecule is CCN(C)C(=O)CNCc1nc[nH]c1C. The molecule has 1 heterocycles. The van der Waals surface area contributed by atoms with Crippen molar-refractivity contribution in [2.75, 3.05) is 20.1 Å². The van der Waals surface area contributed by atoms with Crippen LogP contribution < -0.4 is 5.32 Å². The summed E-state index contributed by atoms with van der Waals surface area (Å²) in [7, 11) is 1.80. The van der Waals surface area contributed by atoms with E-state index in [1.165, 1.54) is 0 Å². The summed E-state index contributed by atoms with van der Waals surface area (Å²) in [5, 5.41) is 3.07. The van der Waals surface area contributed by atoms with E-state index in [0.29, 0.717) is 13.1 Å². The van der Waals surface area contributed by atoms with Crippen LogP contribution >= 0.6 is 0 Å². The molecule has 5 nitrogen and oxygen atoms in total. The number of amides is 1. The predicted octanol–water partition coefficient (Wildman–Crippen LogP) is 0.286. The molecule has 1 aromatic heterocycles. The van der Waals surface area contributed by atoms with Gasteiger partial charge in [0.25, 0.3) is 0 Å². The van der Waals surface area contributed by atoms with E-state index in [1.54, 1.807) is 18.3 Å². The number of H-pyrrole nitrogens is 1. The molecular weight excluding hydrogens is 192 g/mol. The van der Waals surface area contributed by atoms with Gasteiger partial charge >= 0.3 is 0 Å². The maximum absolute atomic E-state index is 11.4. The average Bonchev–Trinajstić information content (AvgIpc) is 2.63. The minimum absolute atomic E-state index is 0.102. The van der Waals surface area contributed by atoms with Gasteiger partial charge in [-0.25, -0.2) is 4.98 Å². The number of hydrogen-bond donors (Lipinski definition) is 2. The lowest BCUT2D eigenvalue weighted by molar-refractivity contribution is -0.128. The van der Waals surface area contributed by atoms with Crippen LogP contribution in [0, 0.1) is 6.92 Å². The molecule has 1 aromatic rings. The Balaban J connectivity index is 2.28. The number of nitrogens with zero attached hydrogens (tertiary/aromatic N) is 2. The second kappa shape index (κ2) is 5.50. The van der Waals surface area contributed by atoms with Crippen LogP contribution in [0.4, 0.5) is 0 Å². The van der Waals surface area contributed by atoms with Gasteiger partial charge in [-0.1, -0.05) is 0 Å². The molecule has 0 aliphatic heterocycles. The lowest BCUT2D eigenvalue weighted by Crippen LogP contribution is -2.35. The van der Waals surface area contributed by atoms with Crippen molar-refractivity contribution in [1.29, 1.82) is 0 Å². The minimum Gasteiger partial charge on any atom is -0.348 e. The van der Waals surface area contributed by atoms with Crippen LogP contribution in [-0.2, 0) is 11.3 Å². The molecule has 0 spiro atoms. The molecule has 1 rings (SSSR count). The summed E-state index contributed by atoms with van der Waals surface area (Å²) in [5.74, 6) is 0.102. The fourth-order valence-corrected chi connectivity index (χ4v) is 1.16. The van der Waals surface area contributed by atoms with E-state index in [2.05, 4.69) is 15.3 Å². The zero-order chi connectivity index (χ0) is 11.3. The lowest BCUT2D eigenvalue weighted by Gasteiger charge is -2.14. The number of carbonyl (C=O) groups excluding carboxylic acids is 1. The molecule has 84 valence electrons. The Morgan fingerprint density at radius 2 is 2.40 bits per heavy atom. The zero-order valence-corrected chi connectivity index (χ0v) is 9.50. The van der Waals surface area contributed by atoms with Crippen molar-refractivity contribution < 1.29 is 4.79 Å². The summed E-state index contributed by atoms with van der Waals surface area (Å²) in [4.78, 5) is 20.2. The molecule has 0 radical (unpaired) electrons. The molecule has 1 amide bonds.